The van der Waals surface area contributed by atoms with Crippen molar-refractivity contribution in [2.24, 2.45) is 12.2 Å². The molecule has 32 heavy (non-hydrogen) atoms. The van der Waals surface area contributed by atoms with Gasteiger partial charge in [0.15, 0.2) is 5.82 Å². The molecule has 1 aromatic carbocycles. The number of aromatic nitrogens is 3. The van der Waals surface area contributed by atoms with Crippen molar-refractivity contribution in [2.45, 2.75) is 18.0 Å². The van der Waals surface area contributed by atoms with Crippen LogP contribution in [0.2, 0.25) is 0 Å². The summed E-state index contributed by atoms with van der Waals surface area (Å²) in [6, 6.07) is 6.50. The monoisotopic (exact) mass is 481 g/mol. The number of urea groups is 1. The Labute approximate surface area is 187 Å². The Balaban J connectivity index is 1.56. The van der Waals surface area contributed by atoms with Gasteiger partial charge in [-0.2, -0.15) is 4.37 Å². The Morgan fingerprint density at radius 3 is 2.72 bits per heavy atom. The smallest absolute Gasteiger partial charge is 0.321 e. The summed E-state index contributed by atoms with van der Waals surface area (Å²) in [5.74, 6) is -0.569. The van der Waals surface area contributed by atoms with Gasteiger partial charge in [0.25, 0.3) is 5.91 Å². The molecular formula is C18H20FN7O4S2. The Morgan fingerprint density at radius 2 is 2.06 bits per heavy atom. The van der Waals surface area contributed by atoms with Crippen molar-refractivity contribution in [1.82, 2.24) is 24.1 Å². The van der Waals surface area contributed by atoms with Crippen LogP contribution in [0.4, 0.5) is 14.3 Å². The fraction of sp³-hybridized carbons (Fsp3) is 0.222. The van der Waals surface area contributed by atoms with E-state index >= 15 is 0 Å². The maximum absolute atomic E-state index is 13.2. The quantitative estimate of drug-likeness (QED) is 0.462. The van der Waals surface area contributed by atoms with Crippen LogP contribution in [0.5, 0.6) is 0 Å². The number of rotatable bonds is 7. The number of carbonyl (C=O) groups excluding carboxylic acids is 2. The van der Waals surface area contributed by atoms with E-state index in [-0.39, 0.29) is 34.6 Å². The first kappa shape index (κ1) is 23.3. The SMILES string of the molecule is CN(Cc1nsc(NC(=O)NCc2cccc(F)c2)n1)C(=O)c1cc(S(N)(=O)=O)cn1C. The molecule has 0 aliphatic rings. The zero-order chi connectivity index (χ0) is 23.5. The van der Waals surface area contributed by atoms with Crippen LogP contribution in [0.15, 0.2) is 41.4 Å². The van der Waals surface area contributed by atoms with Crippen LogP contribution in [-0.2, 0) is 30.2 Å². The molecule has 0 saturated heterocycles. The molecule has 170 valence electrons. The van der Waals surface area contributed by atoms with Gasteiger partial charge in [0.1, 0.15) is 16.4 Å². The van der Waals surface area contributed by atoms with Crippen LogP contribution in [0.3, 0.4) is 0 Å². The summed E-state index contributed by atoms with van der Waals surface area (Å²) in [7, 11) is -0.900. The largest absolute Gasteiger partial charge is 0.345 e. The zero-order valence-corrected chi connectivity index (χ0v) is 18.7. The highest BCUT2D eigenvalue weighted by atomic mass is 32.2. The fourth-order valence-corrected chi connectivity index (χ4v) is 3.88. The molecule has 3 amide bonds. The van der Waals surface area contributed by atoms with Gasteiger partial charge in [-0.1, -0.05) is 12.1 Å². The van der Waals surface area contributed by atoms with Crippen molar-refractivity contribution >= 4 is 38.6 Å². The molecular weight excluding hydrogens is 461 g/mol. The molecule has 0 bridgehead atoms. The number of anilines is 1. The molecule has 3 aromatic rings. The molecule has 2 aromatic heterocycles. The van der Waals surface area contributed by atoms with Crippen LogP contribution in [0, 0.1) is 5.82 Å². The lowest BCUT2D eigenvalue weighted by Crippen LogP contribution is -2.29. The predicted octanol–water partition coefficient (Wildman–Crippen LogP) is 1.26. The number of primary sulfonamides is 1. The number of aryl methyl sites for hydroxylation is 1. The third-order valence-electron chi connectivity index (χ3n) is 4.28. The average molecular weight is 482 g/mol. The fourth-order valence-electron chi connectivity index (χ4n) is 2.72. The van der Waals surface area contributed by atoms with Gasteiger partial charge in [-0.05, 0) is 23.8 Å². The summed E-state index contributed by atoms with van der Waals surface area (Å²) in [6.07, 6.45) is 1.25. The second kappa shape index (κ2) is 9.42. The molecule has 11 nitrogen and oxygen atoms in total. The van der Waals surface area contributed by atoms with Crippen molar-refractivity contribution < 1.29 is 22.4 Å². The Morgan fingerprint density at radius 1 is 1.31 bits per heavy atom. The van der Waals surface area contributed by atoms with Gasteiger partial charge < -0.3 is 14.8 Å². The summed E-state index contributed by atoms with van der Waals surface area (Å²) in [5, 5.41) is 10.4. The minimum absolute atomic E-state index is 0.0256. The summed E-state index contributed by atoms with van der Waals surface area (Å²) in [5.41, 5.74) is 0.728. The molecule has 0 unspecified atom stereocenters. The minimum atomic E-state index is -3.93. The number of nitrogens with zero attached hydrogens (tertiary/aromatic N) is 4. The second-order valence-electron chi connectivity index (χ2n) is 6.83. The standard InChI is InChI=1S/C18H20FN7O4S2/c1-25-9-13(32(20,29)30)7-14(25)16(27)26(2)10-15-22-18(31-24-15)23-17(28)21-8-11-4-3-5-12(19)6-11/h3-7,9H,8,10H2,1-2H3,(H2,20,29,30)(H2,21,22,23,24,28). The zero-order valence-electron chi connectivity index (χ0n) is 17.1. The summed E-state index contributed by atoms with van der Waals surface area (Å²) < 4.78 is 41.6. The topological polar surface area (TPSA) is 152 Å². The molecule has 4 N–H and O–H groups in total. The second-order valence-corrected chi connectivity index (χ2v) is 9.14. The van der Waals surface area contributed by atoms with E-state index in [4.69, 9.17) is 5.14 Å². The highest BCUT2D eigenvalue weighted by molar-refractivity contribution is 7.89. The van der Waals surface area contributed by atoms with Crippen LogP contribution in [0.25, 0.3) is 0 Å². The van der Waals surface area contributed by atoms with Crippen molar-refractivity contribution in [3.05, 3.63) is 59.4 Å². The lowest BCUT2D eigenvalue weighted by Gasteiger charge is -2.15. The van der Waals surface area contributed by atoms with Crippen LogP contribution >= 0.6 is 11.5 Å². The molecule has 0 aliphatic heterocycles. The Kier molecular flexibility index (Phi) is 6.86. The predicted molar refractivity (Wildman–Crippen MR) is 115 cm³/mol. The van der Waals surface area contributed by atoms with Gasteiger partial charge in [0.05, 0.1) is 6.54 Å². The maximum Gasteiger partial charge on any atom is 0.321 e. The van der Waals surface area contributed by atoms with Gasteiger partial charge in [-0.25, -0.2) is 27.7 Å². The average Bonchev–Trinajstić information content (AvgIpc) is 3.32. The molecule has 2 heterocycles. The normalized spacial score (nSPS) is 11.2. The number of halogens is 1. The molecule has 14 heteroatoms. The summed E-state index contributed by atoms with van der Waals surface area (Å²) in [6.45, 7) is 0.154. The first-order chi connectivity index (χ1) is 15.0. The van der Waals surface area contributed by atoms with E-state index in [1.54, 1.807) is 12.1 Å². The van der Waals surface area contributed by atoms with Crippen molar-refractivity contribution in [1.29, 1.82) is 0 Å². The van der Waals surface area contributed by atoms with E-state index in [1.807, 2.05) is 0 Å². The van der Waals surface area contributed by atoms with Crippen molar-refractivity contribution in [2.75, 3.05) is 12.4 Å². The summed E-state index contributed by atoms with van der Waals surface area (Å²) in [4.78, 5) is 30.0. The first-order valence-corrected chi connectivity index (χ1v) is 11.4. The van der Waals surface area contributed by atoms with E-state index in [2.05, 4.69) is 20.0 Å². The van der Waals surface area contributed by atoms with Gasteiger partial charge in [-0.15, -0.1) is 0 Å². The minimum Gasteiger partial charge on any atom is -0.345 e. The highest BCUT2D eigenvalue weighted by Crippen LogP contribution is 2.16. The van der Waals surface area contributed by atoms with Gasteiger partial charge >= 0.3 is 6.03 Å². The highest BCUT2D eigenvalue weighted by Gasteiger charge is 2.21. The van der Waals surface area contributed by atoms with E-state index in [1.165, 1.54) is 48.0 Å². The number of hydrogen-bond acceptors (Lipinski definition) is 7. The summed E-state index contributed by atoms with van der Waals surface area (Å²) >= 11 is 0.930. The first-order valence-electron chi connectivity index (χ1n) is 9.09. The van der Waals surface area contributed by atoms with E-state index < -0.39 is 27.8 Å². The van der Waals surface area contributed by atoms with Gasteiger partial charge in [0.2, 0.25) is 15.2 Å². The Bertz CT molecular complexity index is 1260. The lowest BCUT2D eigenvalue weighted by molar-refractivity contribution is 0.0772. The van der Waals surface area contributed by atoms with Crippen LogP contribution in [-0.4, -0.2) is 46.2 Å². The number of carbonyl (C=O) groups is 2. The van der Waals surface area contributed by atoms with E-state index in [0.717, 1.165) is 11.5 Å². The number of nitrogens with one attached hydrogen (secondary N) is 2. The van der Waals surface area contributed by atoms with Crippen molar-refractivity contribution in [3.63, 3.8) is 0 Å². The van der Waals surface area contributed by atoms with Gasteiger partial charge in [-0.3, -0.25) is 10.1 Å². The number of amides is 3. The number of sulfonamides is 1. The number of benzene rings is 1. The van der Waals surface area contributed by atoms with E-state index in [9.17, 15) is 22.4 Å². The number of nitrogens with two attached hydrogens (primary N) is 1. The van der Waals surface area contributed by atoms with E-state index in [0.29, 0.717) is 5.56 Å². The number of hydrogen-bond donors (Lipinski definition) is 3. The van der Waals surface area contributed by atoms with Crippen molar-refractivity contribution in [3.8, 4) is 0 Å². The van der Waals surface area contributed by atoms with Crippen LogP contribution in [0.1, 0.15) is 21.9 Å². The third kappa shape index (κ3) is 5.87. The van der Waals surface area contributed by atoms with Gasteiger partial charge in [0, 0.05) is 38.4 Å². The molecule has 0 aliphatic carbocycles. The van der Waals surface area contributed by atoms with Crippen LogP contribution < -0.4 is 15.8 Å². The molecule has 0 atom stereocenters. The third-order valence-corrected chi connectivity index (χ3v) is 5.83. The maximum atomic E-state index is 13.2. The Hall–Kier alpha value is -3.36. The lowest BCUT2D eigenvalue weighted by atomic mass is 10.2. The molecule has 0 spiro atoms. The molecule has 3 rings (SSSR count). The molecule has 0 fully saturated rings. The molecule has 0 radical (unpaired) electrons. The molecule has 0 saturated carbocycles.